The molecule has 0 radical (unpaired) electrons. The highest BCUT2D eigenvalue weighted by atomic mass is 19.3. The number of rotatable bonds is 1. The molecule has 0 bridgehead atoms. The molecule has 0 unspecified atom stereocenters. The Bertz CT molecular complexity index is 202. The van der Waals surface area contributed by atoms with Gasteiger partial charge in [0.1, 0.15) is 0 Å². The highest BCUT2D eigenvalue weighted by molar-refractivity contribution is 5.24. The zero-order valence-corrected chi connectivity index (χ0v) is 7.95. The van der Waals surface area contributed by atoms with Crippen molar-refractivity contribution in [2.45, 2.75) is 46.0 Å². The van der Waals surface area contributed by atoms with Gasteiger partial charge in [-0.3, -0.25) is 0 Å². The van der Waals surface area contributed by atoms with E-state index in [0.717, 1.165) is 12.0 Å². The molecule has 0 amide bonds. The standard InChI is InChI=1S/C10H16F2/c1-7(2)9-8(3)5-4-6-10(9,11)12/h7H,4-6H2,1-3H3. The zero-order chi connectivity index (χ0) is 9.35. The van der Waals surface area contributed by atoms with Gasteiger partial charge in [0.05, 0.1) is 0 Å². The number of hydrogen-bond acceptors (Lipinski definition) is 0. The number of halogens is 2. The van der Waals surface area contributed by atoms with E-state index in [1.165, 1.54) is 0 Å². The van der Waals surface area contributed by atoms with E-state index in [1.54, 1.807) is 0 Å². The molecule has 0 heterocycles. The lowest BCUT2D eigenvalue weighted by atomic mass is 9.83. The Balaban J connectivity index is 3.00. The highest BCUT2D eigenvalue weighted by Crippen LogP contribution is 2.41. The van der Waals surface area contributed by atoms with Gasteiger partial charge in [-0.2, -0.15) is 0 Å². The van der Waals surface area contributed by atoms with Crippen molar-refractivity contribution in [1.82, 2.24) is 0 Å². The van der Waals surface area contributed by atoms with Crippen molar-refractivity contribution in [3.63, 3.8) is 0 Å². The van der Waals surface area contributed by atoms with Gasteiger partial charge < -0.3 is 0 Å². The maximum absolute atomic E-state index is 13.3. The van der Waals surface area contributed by atoms with Gasteiger partial charge in [-0.25, -0.2) is 8.78 Å². The van der Waals surface area contributed by atoms with Gasteiger partial charge in [-0.1, -0.05) is 19.4 Å². The van der Waals surface area contributed by atoms with Gasteiger partial charge >= 0.3 is 0 Å². The topological polar surface area (TPSA) is 0 Å². The van der Waals surface area contributed by atoms with E-state index in [2.05, 4.69) is 0 Å². The second-order valence-electron chi connectivity index (χ2n) is 3.91. The van der Waals surface area contributed by atoms with Crippen LogP contribution in [0.25, 0.3) is 0 Å². The normalized spacial score (nSPS) is 23.5. The molecule has 0 saturated carbocycles. The third kappa shape index (κ3) is 1.67. The molecule has 0 atom stereocenters. The molecule has 0 aromatic carbocycles. The molecule has 70 valence electrons. The van der Waals surface area contributed by atoms with E-state index in [-0.39, 0.29) is 12.3 Å². The summed E-state index contributed by atoms with van der Waals surface area (Å²) in [7, 11) is 0. The van der Waals surface area contributed by atoms with E-state index in [9.17, 15) is 8.78 Å². The lowest BCUT2D eigenvalue weighted by molar-refractivity contribution is 0.0144. The SMILES string of the molecule is CC1=C(C(C)C)C(F)(F)CCC1. The molecular weight excluding hydrogens is 158 g/mol. The Morgan fingerprint density at radius 1 is 1.33 bits per heavy atom. The summed E-state index contributed by atoms with van der Waals surface area (Å²) in [4.78, 5) is 0. The highest BCUT2D eigenvalue weighted by Gasteiger charge is 2.38. The van der Waals surface area contributed by atoms with E-state index in [4.69, 9.17) is 0 Å². The first-order chi connectivity index (χ1) is 5.45. The first-order valence-electron chi connectivity index (χ1n) is 4.53. The third-order valence-corrected chi connectivity index (χ3v) is 2.47. The van der Waals surface area contributed by atoms with Crippen LogP contribution in [0.15, 0.2) is 11.1 Å². The molecule has 0 fully saturated rings. The van der Waals surface area contributed by atoms with Crippen LogP contribution in [0.3, 0.4) is 0 Å². The molecule has 0 aliphatic heterocycles. The third-order valence-electron chi connectivity index (χ3n) is 2.47. The Labute approximate surface area is 72.7 Å². The smallest absolute Gasteiger partial charge is 0.202 e. The van der Waals surface area contributed by atoms with Crippen LogP contribution in [-0.2, 0) is 0 Å². The largest absolute Gasteiger partial charge is 0.269 e. The summed E-state index contributed by atoms with van der Waals surface area (Å²) in [6.07, 6.45) is 1.52. The summed E-state index contributed by atoms with van der Waals surface area (Å²) in [6.45, 7) is 5.53. The maximum atomic E-state index is 13.3. The Morgan fingerprint density at radius 2 is 1.92 bits per heavy atom. The maximum Gasteiger partial charge on any atom is 0.269 e. The quantitative estimate of drug-likeness (QED) is 0.531. The fraction of sp³-hybridized carbons (Fsp3) is 0.800. The Hall–Kier alpha value is -0.400. The first kappa shape index (κ1) is 9.69. The van der Waals surface area contributed by atoms with E-state index in [1.807, 2.05) is 20.8 Å². The van der Waals surface area contributed by atoms with Gasteiger partial charge in [0, 0.05) is 6.42 Å². The Morgan fingerprint density at radius 3 is 2.25 bits per heavy atom. The van der Waals surface area contributed by atoms with Gasteiger partial charge in [0.2, 0.25) is 0 Å². The average molecular weight is 174 g/mol. The molecule has 0 aromatic heterocycles. The van der Waals surface area contributed by atoms with Crippen LogP contribution in [0.5, 0.6) is 0 Å². The molecule has 1 aliphatic carbocycles. The number of allylic oxidation sites excluding steroid dienone is 2. The summed E-state index contributed by atoms with van der Waals surface area (Å²) in [5.41, 5.74) is 1.29. The molecule has 0 spiro atoms. The van der Waals surface area contributed by atoms with Crippen LogP contribution in [0, 0.1) is 5.92 Å². The van der Waals surface area contributed by atoms with Crippen LogP contribution < -0.4 is 0 Å². The van der Waals surface area contributed by atoms with Crippen LogP contribution in [0.2, 0.25) is 0 Å². The fourth-order valence-electron chi connectivity index (χ4n) is 2.07. The van der Waals surface area contributed by atoms with Gasteiger partial charge in [-0.05, 0) is 31.3 Å². The number of hydrogen-bond donors (Lipinski definition) is 0. The first-order valence-corrected chi connectivity index (χ1v) is 4.53. The van der Waals surface area contributed by atoms with E-state index in [0.29, 0.717) is 12.0 Å². The van der Waals surface area contributed by atoms with E-state index < -0.39 is 5.92 Å². The van der Waals surface area contributed by atoms with Crippen LogP contribution in [0.1, 0.15) is 40.0 Å². The van der Waals surface area contributed by atoms with Crippen molar-refractivity contribution in [2.24, 2.45) is 5.92 Å². The predicted molar refractivity (Wildman–Crippen MR) is 46.3 cm³/mol. The lowest BCUT2D eigenvalue weighted by Gasteiger charge is -2.29. The zero-order valence-electron chi connectivity index (χ0n) is 7.95. The van der Waals surface area contributed by atoms with Crippen LogP contribution in [-0.4, -0.2) is 5.92 Å². The second kappa shape index (κ2) is 3.15. The molecule has 12 heavy (non-hydrogen) atoms. The predicted octanol–water partition coefficient (Wildman–Crippen LogP) is 3.78. The molecule has 0 aromatic rings. The lowest BCUT2D eigenvalue weighted by Crippen LogP contribution is -2.27. The van der Waals surface area contributed by atoms with Crippen molar-refractivity contribution in [3.05, 3.63) is 11.1 Å². The van der Waals surface area contributed by atoms with Crippen LogP contribution in [0.4, 0.5) is 8.78 Å². The molecular formula is C10H16F2. The monoisotopic (exact) mass is 174 g/mol. The van der Waals surface area contributed by atoms with Gasteiger partial charge in [-0.15, -0.1) is 0 Å². The summed E-state index contributed by atoms with van der Waals surface area (Å²) < 4.78 is 26.6. The van der Waals surface area contributed by atoms with Gasteiger partial charge in [0.15, 0.2) is 0 Å². The Kier molecular flexibility index (Phi) is 2.55. The van der Waals surface area contributed by atoms with Gasteiger partial charge in [0.25, 0.3) is 5.92 Å². The number of alkyl halides is 2. The summed E-state index contributed by atoms with van der Waals surface area (Å²) in [5.74, 6) is -2.54. The average Bonchev–Trinajstić information content (AvgIpc) is 1.82. The van der Waals surface area contributed by atoms with Crippen molar-refractivity contribution in [2.75, 3.05) is 0 Å². The molecule has 1 aliphatic rings. The minimum absolute atomic E-state index is 0.0136. The minimum atomic E-state index is -2.53. The van der Waals surface area contributed by atoms with Crippen molar-refractivity contribution in [1.29, 1.82) is 0 Å². The van der Waals surface area contributed by atoms with Crippen LogP contribution >= 0.6 is 0 Å². The summed E-state index contributed by atoms with van der Waals surface area (Å²) in [6, 6.07) is 0. The minimum Gasteiger partial charge on any atom is -0.202 e. The molecule has 2 heteroatoms. The fourth-order valence-corrected chi connectivity index (χ4v) is 2.07. The van der Waals surface area contributed by atoms with E-state index >= 15 is 0 Å². The van der Waals surface area contributed by atoms with Crippen molar-refractivity contribution < 1.29 is 8.78 Å². The molecule has 0 nitrogen and oxygen atoms in total. The summed E-state index contributed by atoms with van der Waals surface area (Å²) >= 11 is 0. The van der Waals surface area contributed by atoms with Crippen molar-refractivity contribution >= 4 is 0 Å². The second-order valence-corrected chi connectivity index (χ2v) is 3.91. The summed E-state index contributed by atoms with van der Waals surface area (Å²) in [5, 5.41) is 0. The molecule has 0 saturated heterocycles. The van der Waals surface area contributed by atoms with Crippen molar-refractivity contribution in [3.8, 4) is 0 Å². The molecule has 1 rings (SSSR count). The molecule has 0 N–H and O–H groups in total.